The minimum Gasteiger partial charge on any atom is -0.489 e. The van der Waals surface area contributed by atoms with E-state index >= 15 is 0 Å². The van der Waals surface area contributed by atoms with Crippen LogP contribution in [0, 0.1) is 5.92 Å². The second-order valence-electron chi connectivity index (χ2n) is 6.72. The monoisotopic (exact) mass is 335 g/mol. The van der Waals surface area contributed by atoms with Gasteiger partial charge in [-0.25, -0.2) is 0 Å². The van der Waals surface area contributed by atoms with E-state index < -0.39 is 0 Å². The maximum atomic E-state index is 6.40. The molecule has 2 aliphatic heterocycles. The molecule has 0 saturated carbocycles. The predicted octanol–water partition coefficient (Wildman–Crippen LogP) is 3.86. The summed E-state index contributed by atoms with van der Waals surface area (Å²) in [6, 6.07) is 6.33. The van der Waals surface area contributed by atoms with Crippen LogP contribution in [0.4, 0.5) is 0 Å². The number of likely N-dealkylation sites (tertiary alicyclic amines) is 1. The van der Waals surface area contributed by atoms with Crippen LogP contribution in [0.25, 0.3) is 0 Å². The Balaban J connectivity index is 1.75. The third-order valence-electron chi connectivity index (χ3n) is 4.53. The lowest BCUT2D eigenvalue weighted by Gasteiger charge is -2.33. The Morgan fingerprint density at radius 1 is 1.43 bits per heavy atom. The number of nitrogens with zero attached hydrogens (tertiary/aromatic N) is 2. The number of hydrogen-bond donors (Lipinski definition) is 1. The lowest BCUT2D eigenvalue weighted by atomic mass is 9.86. The van der Waals surface area contributed by atoms with E-state index in [4.69, 9.17) is 16.3 Å². The molecule has 1 aromatic carbocycles. The van der Waals surface area contributed by atoms with E-state index in [-0.39, 0.29) is 12.1 Å². The number of ether oxygens (including phenoxy) is 1. The molecule has 0 spiro atoms. The first-order valence-corrected chi connectivity index (χ1v) is 8.96. The van der Waals surface area contributed by atoms with Crippen LogP contribution in [-0.4, -0.2) is 36.3 Å². The van der Waals surface area contributed by atoms with Crippen LogP contribution in [0.15, 0.2) is 23.3 Å². The van der Waals surface area contributed by atoms with Crippen LogP contribution >= 0.6 is 11.6 Å². The fourth-order valence-electron chi connectivity index (χ4n) is 3.50. The van der Waals surface area contributed by atoms with Crippen molar-refractivity contribution in [2.75, 3.05) is 19.6 Å². The van der Waals surface area contributed by atoms with Crippen LogP contribution in [0.5, 0.6) is 5.75 Å². The Kier molecular flexibility index (Phi) is 5.12. The Hall–Kier alpha value is -1.26. The van der Waals surface area contributed by atoms with Crippen LogP contribution in [-0.2, 0) is 0 Å². The first-order valence-electron chi connectivity index (χ1n) is 8.59. The molecule has 126 valence electrons. The molecule has 0 amide bonds. The number of hydrazone groups is 1. The van der Waals surface area contributed by atoms with Gasteiger partial charge in [-0.15, -0.1) is 0 Å². The summed E-state index contributed by atoms with van der Waals surface area (Å²) in [6.45, 7) is 9.62. The summed E-state index contributed by atoms with van der Waals surface area (Å²) in [5.74, 6) is 1.20. The number of fused-ring (bicyclic) bond motifs is 1. The van der Waals surface area contributed by atoms with Crippen molar-refractivity contribution in [1.29, 1.82) is 0 Å². The highest BCUT2D eigenvalue weighted by Gasteiger charge is 2.36. The van der Waals surface area contributed by atoms with Gasteiger partial charge >= 0.3 is 0 Å². The van der Waals surface area contributed by atoms with E-state index in [1.165, 1.54) is 24.2 Å². The fourth-order valence-corrected chi connectivity index (χ4v) is 3.73. The third kappa shape index (κ3) is 3.64. The molecule has 1 N–H and O–H groups in total. The first kappa shape index (κ1) is 16.6. The smallest absolute Gasteiger partial charge is 0.138 e. The minimum absolute atomic E-state index is 0.124. The Bertz CT molecular complexity index is 588. The lowest BCUT2D eigenvalue weighted by Crippen LogP contribution is -2.42. The van der Waals surface area contributed by atoms with Crippen LogP contribution in [0.2, 0.25) is 5.02 Å². The molecule has 0 aliphatic carbocycles. The zero-order valence-corrected chi connectivity index (χ0v) is 14.9. The van der Waals surface area contributed by atoms with E-state index in [9.17, 15) is 0 Å². The predicted molar refractivity (Wildman–Crippen MR) is 95.4 cm³/mol. The Labute approximate surface area is 143 Å². The standard InChI is InChI=1S/C18H26ClN3O/c1-4-8-22-9-7-16-14(11-22)18(21-20-16)13-5-6-17(15(19)10-13)23-12(2)3/h5-6,10,12,14,18,21H,4,7-9,11H2,1-3H3. The second-order valence-corrected chi connectivity index (χ2v) is 7.13. The van der Waals surface area contributed by atoms with E-state index in [0.717, 1.165) is 25.3 Å². The molecule has 4 nitrogen and oxygen atoms in total. The van der Waals surface area contributed by atoms with Crippen molar-refractivity contribution in [2.45, 2.75) is 45.8 Å². The molecule has 1 aromatic rings. The van der Waals surface area contributed by atoms with E-state index in [1.807, 2.05) is 26.0 Å². The van der Waals surface area contributed by atoms with E-state index in [0.29, 0.717) is 10.9 Å². The highest BCUT2D eigenvalue weighted by molar-refractivity contribution is 6.32. The zero-order chi connectivity index (χ0) is 16.4. The summed E-state index contributed by atoms with van der Waals surface area (Å²) in [5, 5.41) is 5.25. The number of rotatable bonds is 5. The van der Waals surface area contributed by atoms with E-state index in [2.05, 4.69) is 28.4 Å². The van der Waals surface area contributed by atoms with Gasteiger partial charge in [-0.1, -0.05) is 24.6 Å². The highest BCUT2D eigenvalue weighted by Crippen LogP contribution is 2.36. The van der Waals surface area contributed by atoms with Crippen molar-refractivity contribution in [3.8, 4) is 5.75 Å². The van der Waals surface area contributed by atoms with Crippen molar-refractivity contribution >= 4 is 17.3 Å². The molecule has 5 heteroatoms. The molecule has 2 unspecified atom stereocenters. The number of benzene rings is 1. The molecule has 1 saturated heterocycles. The van der Waals surface area contributed by atoms with Gasteiger partial charge in [0.1, 0.15) is 5.75 Å². The van der Waals surface area contributed by atoms with Gasteiger partial charge in [0.15, 0.2) is 0 Å². The maximum absolute atomic E-state index is 6.40. The largest absolute Gasteiger partial charge is 0.489 e. The number of nitrogens with one attached hydrogen (secondary N) is 1. The van der Waals surface area contributed by atoms with Crippen molar-refractivity contribution < 1.29 is 4.74 Å². The average molecular weight is 336 g/mol. The minimum atomic E-state index is 0.124. The molecule has 2 heterocycles. The molecular formula is C18H26ClN3O. The van der Waals surface area contributed by atoms with Gasteiger partial charge in [0.05, 0.1) is 17.2 Å². The molecule has 0 radical (unpaired) electrons. The Morgan fingerprint density at radius 2 is 2.26 bits per heavy atom. The average Bonchev–Trinajstić information content (AvgIpc) is 2.92. The van der Waals surface area contributed by atoms with Gasteiger partial charge in [-0.2, -0.15) is 5.10 Å². The molecule has 23 heavy (non-hydrogen) atoms. The van der Waals surface area contributed by atoms with Crippen molar-refractivity contribution in [3.63, 3.8) is 0 Å². The summed E-state index contributed by atoms with van der Waals surface area (Å²) in [7, 11) is 0. The maximum Gasteiger partial charge on any atom is 0.138 e. The molecule has 0 aromatic heterocycles. The number of piperidine rings is 1. The first-order chi connectivity index (χ1) is 11.1. The van der Waals surface area contributed by atoms with Gasteiger partial charge in [0.2, 0.25) is 0 Å². The lowest BCUT2D eigenvalue weighted by molar-refractivity contribution is 0.228. The number of halogens is 1. The van der Waals surface area contributed by atoms with Gasteiger partial charge in [0, 0.05) is 31.1 Å². The molecular weight excluding hydrogens is 310 g/mol. The van der Waals surface area contributed by atoms with E-state index in [1.54, 1.807) is 0 Å². The summed E-state index contributed by atoms with van der Waals surface area (Å²) in [4.78, 5) is 2.54. The molecule has 0 bridgehead atoms. The van der Waals surface area contributed by atoms with Crippen molar-refractivity contribution in [2.24, 2.45) is 11.0 Å². The summed E-state index contributed by atoms with van der Waals surface area (Å²) in [5.41, 5.74) is 5.82. The summed E-state index contributed by atoms with van der Waals surface area (Å²) in [6.07, 6.45) is 2.39. The normalized spacial score (nSPS) is 24.3. The van der Waals surface area contributed by atoms with Crippen LogP contribution in [0.3, 0.4) is 0 Å². The van der Waals surface area contributed by atoms with Crippen LogP contribution in [0.1, 0.15) is 45.2 Å². The Morgan fingerprint density at radius 3 is 2.96 bits per heavy atom. The van der Waals surface area contributed by atoms with Crippen molar-refractivity contribution in [3.05, 3.63) is 28.8 Å². The molecule has 3 rings (SSSR count). The van der Waals surface area contributed by atoms with Gasteiger partial charge < -0.3 is 15.1 Å². The quantitative estimate of drug-likeness (QED) is 0.887. The van der Waals surface area contributed by atoms with Crippen molar-refractivity contribution in [1.82, 2.24) is 10.3 Å². The third-order valence-corrected chi connectivity index (χ3v) is 4.83. The molecule has 2 aliphatic rings. The number of hydrogen-bond acceptors (Lipinski definition) is 4. The van der Waals surface area contributed by atoms with Gasteiger partial charge in [-0.3, -0.25) is 0 Å². The summed E-state index contributed by atoms with van der Waals surface area (Å²) >= 11 is 6.40. The molecule has 2 atom stereocenters. The fraction of sp³-hybridized carbons (Fsp3) is 0.611. The SMILES string of the molecule is CCCN1CCC2=NNC(c3ccc(OC(C)C)c(Cl)c3)C2C1. The second kappa shape index (κ2) is 7.10. The van der Waals surface area contributed by atoms with Gasteiger partial charge in [0.25, 0.3) is 0 Å². The van der Waals surface area contributed by atoms with Crippen LogP contribution < -0.4 is 10.2 Å². The highest BCUT2D eigenvalue weighted by atomic mass is 35.5. The zero-order valence-electron chi connectivity index (χ0n) is 14.2. The topological polar surface area (TPSA) is 36.9 Å². The summed E-state index contributed by atoms with van der Waals surface area (Å²) < 4.78 is 5.73. The molecule has 1 fully saturated rings. The van der Waals surface area contributed by atoms with Gasteiger partial charge in [-0.05, 0) is 44.5 Å².